The van der Waals surface area contributed by atoms with Crippen LogP contribution in [0, 0.1) is 0 Å². The zero-order chi connectivity index (χ0) is 30.1. The average molecular weight is 665 g/mol. The number of hydrogen-bond donors (Lipinski definition) is 3. The summed E-state index contributed by atoms with van der Waals surface area (Å²) < 4.78 is 6.14. The third kappa shape index (κ3) is 8.72. The van der Waals surface area contributed by atoms with Gasteiger partial charge in [0.05, 0.1) is 18.0 Å². The Morgan fingerprint density at radius 2 is 1.64 bits per heavy atom. The molecule has 0 aliphatic heterocycles. The number of methoxy groups -OCH3 is 1. The molecule has 0 fully saturated rings. The van der Waals surface area contributed by atoms with Gasteiger partial charge < -0.3 is 20.7 Å². The number of anilines is 2. The highest BCUT2D eigenvalue weighted by Gasteiger charge is 2.18. The molecule has 1 unspecified atom stereocenters. The topological polar surface area (TPSA) is 96.5 Å². The summed E-state index contributed by atoms with van der Waals surface area (Å²) in [6.07, 6.45) is 1.61. The summed E-state index contributed by atoms with van der Waals surface area (Å²) in [4.78, 5) is 39.8. The smallest absolute Gasteiger partial charge is 0.272 e. The van der Waals surface area contributed by atoms with E-state index >= 15 is 0 Å². The van der Waals surface area contributed by atoms with Gasteiger partial charge in [0.2, 0.25) is 5.91 Å². The van der Waals surface area contributed by atoms with Crippen LogP contribution in [0.25, 0.3) is 6.08 Å². The number of halogens is 2. The molecule has 42 heavy (non-hydrogen) atoms. The third-order valence-corrected chi connectivity index (χ3v) is 7.74. The molecule has 7 nitrogen and oxygen atoms in total. The Kier molecular flexibility index (Phi) is 10.8. The molecule has 3 amide bonds. The van der Waals surface area contributed by atoms with E-state index in [1.54, 1.807) is 67.6 Å². The van der Waals surface area contributed by atoms with E-state index in [4.69, 9.17) is 16.3 Å². The van der Waals surface area contributed by atoms with Crippen molar-refractivity contribution in [2.24, 2.45) is 0 Å². The fourth-order valence-electron chi connectivity index (χ4n) is 3.79. The highest BCUT2D eigenvalue weighted by atomic mass is 79.9. The average Bonchev–Trinajstić information content (AvgIpc) is 2.98. The van der Waals surface area contributed by atoms with E-state index in [1.165, 1.54) is 18.9 Å². The van der Waals surface area contributed by atoms with Gasteiger partial charge in [-0.25, -0.2) is 0 Å². The maximum Gasteiger partial charge on any atom is 0.272 e. The monoisotopic (exact) mass is 663 g/mol. The van der Waals surface area contributed by atoms with Crippen molar-refractivity contribution in [3.8, 4) is 5.75 Å². The minimum atomic E-state index is -0.483. The number of nitrogens with one attached hydrogen (secondary N) is 3. The van der Waals surface area contributed by atoms with Crippen LogP contribution in [0.5, 0.6) is 5.75 Å². The van der Waals surface area contributed by atoms with Crippen LogP contribution in [-0.4, -0.2) is 30.1 Å². The first-order valence-corrected chi connectivity index (χ1v) is 14.8. The Balaban J connectivity index is 1.43. The Hall–Kier alpha value is -4.05. The van der Waals surface area contributed by atoms with Crippen LogP contribution < -0.4 is 20.7 Å². The van der Waals surface area contributed by atoms with Crippen molar-refractivity contribution in [2.75, 3.05) is 17.7 Å². The lowest BCUT2D eigenvalue weighted by Gasteiger charge is -2.15. The first kappa shape index (κ1) is 30.9. The van der Waals surface area contributed by atoms with Gasteiger partial charge in [-0.15, -0.1) is 11.8 Å². The quantitative estimate of drug-likeness (QED) is 0.120. The summed E-state index contributed by atoms with van der Waals surface area (Å²) in [6.45, 7) is 1.79. The summed E-state index contributed by atoms with van der Waals surface area (Å²) >= 11 is 10.9. The Bertz CT molecular complexity index is 1610. The van der Waals surface area contributed by atoms with Gasteiger partial charge in [-0.1, -0.05) is 57.9 Å². The van der Waals surface area contributed by atoms with E-state index in [2.05, 4.69) is 31.9 Å². The van der Waals surface area contributed by atoms with Crippen molar-refractivity contribution >= 4 is 74.5 Å². The standard InChI is InChI=1S/C32H27BrClN3O4S/c1-20(30(38)36-27-19-24(34)11-16-29(27)41-2)42-26-14-12-25(13-15-26)35-32(40)28(18-21-7-6-10-23(33)17-21)37-31(39)22-8-4-3-5-9-22/h3-20H,1-2H3,(H,35,40)(H,36,38)(H,37,39)/b28-18-. The summed E-state index contributed by atoms with van der Waals surface area (Å²) in [5, 5.41) is 8.48. The van der Waals surface area contributed by atoms with Crippen LogP contribution in [0.3, 0.4) is 0 Å². The summed E-state index contributed by atoms with van der Waals surface area (Å²) in [5.41, 5.74) is 2.27. The molecule has 4 aromatic carbocycles. The zero-order valence-corrected chi connectivity index (χ0v) is 25.8. The number of amides is 3. The summed E-state index contributed by atoms with van der Waals surface area (Å²) in [7, 11) is 1.52. The summed E-state index contributed by atoms with van der Waals surface area (Å²) in [5.74, 6) is -0.586. The molecule has 0 aliphatic carbocycles. The predicted octanol–water partition coefficient (Wildman–Crippen LogP) is 7.64. The first-order valence-electron chi connectivity index (χ1n) is 12.8. The van der Waals surface area contributed by atoms with Gasteiger partial charge in [0, 0.05) is 25.6 Å². The molecule has 0 radical (unpaired) electrons. The fraction of sp³-hybridized carbons (Fsp3) is 0.0938. The van der Waals surface area contributed by atoms with Gasteiger partial charge >= 0.3 is 0 Å². The van der Waals surface area contributed by atoms with Crippen LogP contribution in [0.2, 0.25) is 5.02 Å². The molecule has 4 aromatic rings. The molecule has 3 N–H and O–H groups in total. The minimum absolute atomic E-state index is 0.0853. The van der Waals surface area contributed by atoms with E-state index in [-0.39, 0.29) is 11.6 Å². The lowest BCUT2D eigenvalue weighted by Crippen LogP contribution is -2.30. The molecule has 0 bridgehead atoms. The summed E-state index contributed by atoms with van der Waals surface area (Å²) in [6, 6.07) is 28.2. The molecule has 0 aromatic heterocycles. The zero-order valence-electron chi connectivity index (χ0n) is 22.7. The molecule has 0 aliphatic rings. The maximum absolute atomic E-state index is 13.3. The highest BCUT2D eigenvalue weighted by molar-refractivity contribution is 9.10. The number of hydrogen-bond acceptors (Lipinski definition) is 5. The van der Waals surface area contributed by atoms with Crippen LogP contribution >= 0.6 is 39.3 Å². The van der Waals surface area contributed by atoms with Gasteiger partial charge in [-0.05, 0) is 85.3 Å². The van der Waals surface area contributed by atoms with E-state index in [9.17, 15) is 14.4 Å². The molecule has 1 atom stereocenters. The molecule has 0 spiro atoms. The van der Waals surface area contributed by atoms with E-state index < -0.39 is 17.1 Å². The number of carbonyl (C=O) groups excluding carboxylic acids is 3. The van der Waals surface area contributed by atoms with Crippen molar-refractivity contribution in [2.45, 2.75) is 17.1 Å². The Morgan fingerprint density at radius 3 is 2.33 bits per heavy atom. The normalized spacial score (nSPS) is 11.8. The molecular weight excluding hydrogens is 638 g/mol. The van der Waals surface area contributed by atoms with Gasteiger partial charge in [0.15, 0.2) is 0 Å². The van der Waals surface area contributed by atoms with Gasteiger partial charge in [-0.2, -0.15) is 0 Å². The molecular formula is C32H27BrClN3O4S. The van der Waals surface area contributed by atoms with Crippen molar-refractivity contribution in [3.05, 3.63) is 123 Å². The van der Waals surface area contributed by atoms with Crippen LogP contribution in [0.1, 0.15) is 22.8 Å². The maximum atomic E-state index is 13.3. The second-order valence-electron chi connectivity index (χ2n) is 9.01. The Labute approximate surface area is 261 Å². The van der Waals surface area contributed by atoms with Crippen LogP contribution in [0.15, 0.2) is 112 Å². The lowest BCUT2D eigenvalue weighted by molar-refractivity contribution is -0.115. The van der Waals surface area contributed by atoms with Gasteiger partial charge in [-0.3, -0.25) is 14.4 Å². The third-order valence-electron chi connectivity index (χ3n) is 5.90. The van der Waals surface area contributed by atoms with E-state index in [1.807, 2.05) is 42.5 Å². The molecule has 10 heteroatoms. The van der Waals surface area contributed by atoms with Crippen molar-refractivity contribution in [3.63, 3.8) is 0 Å². The van der Waals surface area contributed by atoms with Crippen molar-refractivity contribution in [1.82, 2.24) is 5.32 Å². The number of rotatable bonds is 10. The molecule has 0 saturated heterocycles. The number of ether oxygens (including phenoxy) is 1. The van der Waals surface area contributed by atoms with E-state index in [0.717, 1.165) is 14.9 Å². The number of carbonyl (C=O) groups is 3. The van der Waals surface area contributed by atoms with Gasteiger partial charge in [0.1, 0.15) is 11.4 Å². The Morgan fingerprint density at radius 1 is 0.905 bits per heavy atom. The lowest BCUT2D eigenvalue weighted by atomic mass is 10.1. The molecule has 4 rings (SSSR count). The first-order chi connectivity index (χ1) is 20.2. The second kappa shape index (κ2) is 14.7. The number of benzene rings is 4. The van der Waals surface area contributed by atoms with Crippen molar-refractivity contribution < 1.29 is 19.1 Å². The fourth-order valence-corrected chi connectivity index (χ4v) is 5.25. The van der Waals surface area contributed by atoms with Gasteiger partial charge in [0.25, 0.3) is 11.8 Å². The molecule has 214 valence electrons. The number of thioether (sulfide) groups is 1. The SMILES string of the molecule is COc1ccc(Cl)cc1NC(=O)C(C)Sc1ccc(NC(=O)/C(=C/c2cccc(Br)c2)NC(=O)c2ccccc2)cc1. The van der Waals surface area contributed by atoms with Crippen LogP contribution in [-0.2, 0) is 9.59 Å². The molecule has 0 saturated carbocycles. The minimum Gasteiger partial charge on any atom is -0.495 e. The largest absolute Gasteiger partial charge is 0.495 e. The second-order valence-corrected chi connectivity index (χ2v) is 11.8. The van der Waals surface area contributed by atoms with Crippen LogP contribution in [0.4, 0.5) is 11.4 Å². The predicted molar refractivity (Wildman–Crippen MR) is 173 cm³/mol. The highest BCUT2D eigenvalue weighted by Crippen LogP contribution is 2.30. The molecule has 0 heterocycles. The van der Waals surface area contributed by atoms with E-state index in [0.29, 0.717) is 27.7 Å². The van der Waals surface area contributed by atoms with Crippen molar-refractivity contribution in [1.29, 1.82) is 0 Å².